The minimum Gasteiger partial charge on any atom is -0.480 e. The molecule has 1 unspecified atom stereocenters. The van der Waals surface area contributed by atoms with Gasteiger partial charge in [-0.2, -0.15) is 0 Å². The molecule has 1 aliphatic carbocycles. The Hall–Kier alpha value is -2.03. The Morgan fingerprint density at radius 1 is 1.47 bits per heavy atom. The Labute approximate surface area is 111 Å². The van der Waals surface area contributed by atoms with Crippen LogP contribution in [-0.2, 0) is 14.4 Å². The summed E-state index contributed by atoms with van der Waals surface area (Å²) in [5, 5.41) is 8.76. The molecule has 0 aromatic carbocycles. The normalized spacial score (nSPS) is 22.2. The largest absolute Gasteiger partial charge is 0.480 e. The van der Waals surface area contributed by atoms with Crippen LogP contribution >= 0.6 is 0 Å². The fourth-order valence-corrected chi connectivity index (χ4v) is 2.38. The molecule has 1 aliphatic heterocycles. The molecule has 0 aromatic heterocycles. The summed E-state index contributed by atoms with van der Waals surface area (Å²) in [6.45, 7) is -0.0700. The van der Waals surface area contributed by atoms with Gasteiger partial charge in [0.25, 0.3) is 0 Å². The number of carboxylic acids is 1. The van der Waals surface area contributed by atoms with Gasteiger partial charge >= 0.3 is 5.97 Å². The molecule has 19 heavy (non-hydrogen) atoms. The van der Waals surface area contributed by atoms with Gasteiger partial charge in [-0.1, -0.05) is 5.92 Å². The first-order valence-electron chi connectivity index (χ1n) is 6.26. The molecule has 6 nitrogen and oxygen atoms in total. The highest BCUT2D eigenvalue weighted by Crippen LogP contribution is 2.33. The van der Waals surface area contributed by atoms with Crippen LogP contribution in [0.3, 0.4) is 0 Å². The summed E-state index contributed by atoms with van der Waals surface area (Å²) >= 11 is 0. The fraction of sp³-hybridized carbons (Fsp3) is 0.615. The predicted molar refractivity (Wildman–Crippen MR) is 65.9 cm³/mol. The molecule has 1 saturated carbocycles. The molecule has 6 heteroatoms. The lowest BCUT2D eigenvalue weighted by molar-refractivity contribution is -0.145. The van der Waals surface area contributed by atoms with Crippen LogP contribution in [0.5, 0.6) is 0 Å². The second kappa shape index (κ2) is 5.31. The van der Waals surface area contributed by atoms with E-state index in [0.717, 1.165) is 17.7 Å². The summed E-state index contributed by atoms with van der Waals surface area (Å²) < 4.78 is 0. The van der Waals surface area contributed by atoms with Crippen LogP contribution in [0.2, 0.25) is 0 Å². The van der Waals surface area contributed by atoms with E-state index in [1.807, 2.05) is 0 Å². The maximum absolute atomic E-state index is 12.2. The number of hydrogen-bond acceptors (Lipinski definition) is 3. The second-order valence-electron chi connectivity index (χ2n) is 4.97. The van der Waals surface area contributed by atoms with Crippen molar-refractivity contribution >= 4 is 17.8 Å². The van der Waals surface area contributed by atoms with Crippen LogP contribution in [0.4, 0.5) is 0 Å². The molecule has 0 radical (unpaired) electrons. The summed E-state index contributed by atoms with van der Waals surface area (Å²) in [5.74, 6) is 0.363. The van der Waals surface area contributed by atoms with Crippen LogP contribution in [0.25, 0.3) is 0 Å². The minimum atomic E-state index is -1.10. The third kappa shape index (κ3) is 3.05. The van der Waals surface area contributed by atoms with E-state index in [9.17, 15) is 14.4 Å². The molecule has 2 fully saturated rings. The predicted octanol–water partition coefficient (Wildman–Crippen LogP) is -0.456. The molecule has 0 aromatic rings. The summed E-state index contributed by atoms with van der Waals surface area (Å²) in [7, 11) is 0. The van der Waals surface area contributed by atoms with E-state index >= 15 is 0 Å². The molecule has 1 atom stereocenters. The van der Waals surface area contributed by atoms with Crippen molar-refractivity contribution in [1.29, 1.82) is 0 Å². The van der Waals surface area contributed by atoms with Gasteiger partial charge in [0.1, 0.15) is 6.54 Å². The summed E-state index contributed by atoms with van der Waals surface area (Å²) in [6.07, 6.45) is 7.29. The molecule has 1 heterocycles. The molecule has 2 amide bonds. The number of aliphatic carboxylic acids is 1. The van der Waals surface area contributed by atoms with Crippen molar-refractivity contribution in [3.05, 3.63) is 0 Å². The number of carboxylic acid groups (broad SMARTS) is 1. The minimum absolute atomic E-state index is 0.0168. The standard InChI is InChI=1S/C13H16N2O4/c1-2-5-14(8-12(17)18)13(19)9-6-11(16)15(7-9)10-3-4-10/h1,9-10H,3-8H2,(H,17,18). The van der Waals surface area contributed by atoms with Crippen molar-refractivity contribution in [1.82, 2.24) is 9.80 Å². The average molecular weight is 264 g/mol. The molecule has 102 valence electrons. The Morgan fingerprint density at radius 2 is 2.16 bits per heavy atom. The summed E-state index contributed by atoms with van der Waals surface area (Å²) in [4.78, 5) is 37.5. The van der Waals surface area contributed by atoms with Gasteiger partial charge in [-0.15, -0.1) is 6.42 Å². The lowest BCUT2D eigenvalue weighted by Gasteiger charge is -2.22. The second-order valence-corrected chi connectivity index (χ2v) is 4.97. The third-order valence-electron chi connectivity index (χ3n) is 3.42. The van der Waals surface area contributed by atoms with Crippen LogP contribution < -0.4 is 0 Å². The van der Waals surface area contributed by atoms with E-state index in [-0.39, 0.29) is 30.8 Å². The zero-order valence-corrected chi connectivity index (χ0v) is 10.5. The highest BCUT2D eigenvalue weighted by molar-refractivity contribution is 5.91. The van der Waals surface area contributed by atoms with E-state index in [0.29, 0.717) is 6.54 Å². The number of nitrogens with zero attached hydrogens (tertiary/aromatic N) is 2. The van der Waals surface area contributed by atoms with Gasteiger partial charge in [-0.3, -0.25) is 14.4 Å². The average Bonchev–Trinajstić information content (AvgIpc) is 3.11. The van der Waals surface area contributed by atoms with E-state index in [1.54, 1.807) is 4.90 Å². The maximum Gasteiger partial charge on any atom is 0.323 e. The van der Waals surface area contributed by atoms with Gasteiger partial charge in [0, 0.05) is 19.0 Å². The third-order valence-corrected chi connectivity index (χ3v) is 3.42. The van der Waals surface area contributed by atoms with Crippen molar-refractivity contribution in [2.24, 2.45) is 5.92 Å². The van der Waals surface area contributed by atoms with Gasteiger partial charge in [0.05, 0.1) is 12.5 Å². The number of carbonyl (C=O) groups is 3. The quantitative estimate of drug-likeness (QED) is 0.682. The molecule has 1 saturated heterocycles. The lowest BCUT2D eigenvalue weighted by Crippen LogP contribution is -2.41. The molecule has 0 bridgehead atoms. The van der Waals surface area contributed by atoms with Gasteiger partial charge in [0.2, 0.25) is 11.8 Å². The maximum atomic E-state index is 12.2. The number of terminal acetylenes is 1. The molecule has 2 aliphatic rings. The number of rotatable bonds is 5. The Kier molecular flexibility index (Phi) is 3.74. The number of likely N-dealkylation sites (tertiary alicyclic amines) is 1. The van der Waals surface area contributed by atoms with Gasteiger partial charge in [-0.05, 0) is 12.8 Å². The van der Waals surface area contributed by atoms with E-state index in [2.05, 4.69) is 5.92 Å². The van der Waals surface area contributed by atoms with E-state index < -0.39 is 18.4 Å². The number of carbonyl (C=O) groups excluding carboxylic acids is 2. The molecule has 2 rings (SSSR count). The van der Waals surface area contributed by atoms with Crippen LogP contribution in [0.1, 0.15) is 19.3 Å². The molecule has 0 spiro atoms. The highest BCUT2D eigenvalue weighted by Gasteiger charge is 2.42. The lowest BCUT2D eigenvalue weighted by atomic mass is 10.1. The van der Waals surface area contributed by atoms with Gasteiger partial charge in [0.15, 0.2) is 0 Å². The first-order chi connectivity index (χ1) is 9.02. The van der Waals surface area contributed by atoms with Gasteiger partial charge in [-0.25, -0.2) is 0 Å². The Morgan fingerprint density at radius 3 is 2.68 bits per heavy atom. The zero-order chi connectivity index (χ0) is 14.0. The Bertz CT molecular complexity index is 450. The van der Waals surface area contributed by atoms with E-state index in [4.69, 9.17) is 11.5 Å². The van der Waals surface area contributed by atoms with Crippen molar-refractivity contribution in [3.63, 3.8) is 0 Å². The van der Waals surface area contributed by atoms with Crippen molar-refractivity contribution < 1.29 is 19.5 Å². The number of amides is 2. The highest BCUT2D eigenvalue weighted by atomic mass is 16.4. The van der Waals surface area contributed by atoms with Crippen LogP contribution in [0, 0.1) is 18.3 Å². The molecular formula is C13H16N2O4. The number of hydrogen-bond donors (Lipinski definition) is 1. The van der Waals surface area contributed by atoms with Crippen molar-refractivity contribution in [2.45, 2.75) is 25.3 Å². The van der Waals surface area contributed by atoms with Crippen molar-refractivity contribution in [3.8, 4) is 12.3 Å². The smallest absolute Gasteiger partial charge is 0.323 e. The first-order valence-corrected chi connectivity index (χ1v) is 6.26. The van der Waals surface area contributed by atoms with Gasteiger partial charge < -0.3 is 14.9 Å². The Balaban J connectivity index is 1.99. The first kappa shape index (κ1) is 13.4. The molecule has 1 N–H and O–H groups in total. The molecular weight excluding hydrogens is 248 g/mol. The van der Waals surface area contributed by atoms with Crippen LogP contribution in [-0.4, -0.2) is 58.4 Å². The SMILES string of the molecule is C#CCN(CC(=O)O)C(=O)C1CC(=O)N(C2CC2)C1. The summed E-state index contributed by atoms with van der Waals surface area (Å²) in [5.41, 5.74) is 0. The van der Waals surface area contributed by atoms with Crippen LogP contribution in [0.15, 0.2) is 0 Å². The topological polar surface area (TPSA) is 77.9 Å². The fourth-order valence-electron chi connectivity index (χ4n) is 2.38. The van der Waals surface area contributed by atoms with E-state index in [1.165, 1.54) is 0 Å². The van der Waals surface area contributed by atoms with Crippen molar-refractivity contribution in [2.75, 3.05) is 19.6 Å². The summed E-state index contributed by atoms with van der Waals surface area (Å²) in [6, 6.07) is 0.283. The zero-order valence-electron chi connectivity index (χ0n) is 10.5. The monoisotopic (exact) mass is 264 g/mol.